The van der Waals surface area contributed by atoms with Crippen LogP contribution in [-0.4, -0.2) is 59.3 Å². The summed E-state index contributed by atoms with van der Waals surface area (Å²) in [5, 5.41) is 0. The van der Waals surface area contributed by atoms with Crippen molar-refractivity contribution in [1.82, 2.24) is 9.80 Å². The third-order valence-electron chi connectivity index (χ3n) is 5.59. The second-order valence-corrected chi connectivity index (χ2v) is 7.49. The molecule has 4 nitrogen and oxygen atoms in total. The van der Waals surface area contributed by atoms with Crippen molar-refractivity contribution in [3.8, 4) is 0 Å². The van der Waals surface area contributed by atoms with E-state index < -0.39 is 42.9 Å². The predicted molar refractivity (Wildman–Crippen MR) is 90.8 cm³/mol. The van der Waals surface area contributed by atoms with Crippen LogP contribution in [0.5, 0.6) is 0 Å². The largest absolute Gasteiger partial charge is 0.460 e. The summed E-state index contributed by atoms with van der Waals surface area (Å²) in [5.74, 6) is -15.8. The molecule has 1 fully saturated rings. The Kier molecular flexibility index (Phi) is 5.76. The minimum Gasteiger partial charge on any atom is -0.338 e. The molecule has 2 aliphatic rings. The van der Waals surface area contributed by atoms with E-state index in [-0.39, 0.29) is 23.6 Å². The standard InChI is InChI=1S/C19H19F7N2O2/c20-17(21,18(22,23)19(24,25)26)16(30)27-8-6-13(7-9-27)15(29)28-10-5-12-3-1-2-4-14(12)11-28/h1-4,13H,5-11H2. The van der Waals surface area contributed by atoms with Crippen LogP contribution < -0.4 is 0 Å². The van der Waals surface area contributed by atoms with Gasteiger partial charge in [-0.3, -0.25) is 9.59 Å². The molecule has 1 aromatic rings. The molecule has 0 aromatic heterocycles. The zero-order valence-electron chi connectivity index (χ0n) is 15.7. The Hall–Kier alpha value is -2.33. The van der Waals surface area contributed by atoms with E-state index in [1.54, 1.807) is 4.90 Å². The first kappa shape index (κ1) is 22.4. The summed E-state index contributed by atoms with van der Waals surface area (Å²) in [7, 11) is 0. The molecule has 0 spiro atoms. The number of piperidine rings is 1. The minimum atomic E-state index is -6.56. The molecule has 11 heteroatoms. The minimum absolute atomic E-state index is 0.0869. The van der Waals surface area contributed by atoms with Gasteiger partial charge in [0.15, 0.2) is 0 Å². The van der Waals surface area contributed by atoms with Gasteiger partial charge in [0.25, 0.3) is 5.91 Å². The second-order valence-electron chi connectivity index (χ2n) is 7.49. The Morgan fingerprint density at radius 3 is 1.97 bits per heavy atom. The van der Waals surface area contributed by atoms with Crippen LogP contribution in [0, 0.1) is 5.92 Å². The van der Waals surface area contributed by atoms with E-state index in [1.165, 1.54) is 0 Å². The number of rotatable bonds is 3. The predicted octanol–water partition coefficient (Wildman–Crippen LogP) is 3.64. The molecule has 1 saturated heterocycles. The highest BCUT2D eigenvalue weighted by Gasteiger charge is 2.76. The number of hydrogen-bond donors (Lipinski definition) is 0. The van der Waals surface area contributed by atoms with E-state index in [0.717, 1.165) is 11.1 Å². The highest BCUT2D eigenvalue weighted by Crippen LogP contribution is 2.47. The van der Waals surface area contributed by atoms with Gasteiger partial charge in [0.2, 0.25) is 5.91 Å². The summed E-state index contributed by atoms with van der Waals surface area (Å²) in [6.07, 6.45) is -6.09. The monoisotopic (exact) mass is 440 g/mol. The molecular weight excluding hydrogens is 421 g/mol. The lowest BCUT2D eigenvalue weighted by molar-refractivity contribution is -0.346. The van der Waals surface area contributed by atoms with Crippen LogP contribution in [0.25, 0.3) is 0 Å². The summed E-state index contributed by atoms with van der Waals surface area (Å²) in [5.41, 5.74) is 2.11. The number of nitrogens with zero attached hydrogens (tertiary/aromatic N) is 2. The van der Waals surface area contributed by atoms with Crippen LogP contribution in [0.2, 0.25) is 0 Å². The van der Waals surface area contributed by atoms with Crippen LogP contribution in [0.15, 0.2) is 24.3 Å². The van der Waals surface area contributed by atoms with Gasteiger partial charge in [-0.25, -0.2) is 0 Å². The Morgan fingerprint density at radius 2 is 1.40 bits per heavy atom. The van der Waals surface area contributed by atoms with Crippen molar-refractivity contribution in [1.29, 1.82) is 0 Å². The van der Waals surface area contributed by atoms with Crippen molar-refractivity contribution < 1.29 is 40.3 Å². The molecule has 0 bridgehead atoms. The van der Waals surface area contributed by atoms with Gasteiger partial charge < -0.3 is 9.80 Å². The van der Waals surface area contributed by atoms with Crippen molar-refractivity contribution in [2.24, 2.45) is 5.92 Å². The number of amides is 2. The first-order chi connectivity index (χ1) is 13.9. The molecular formula is C19H19F7N2O2. The van der Waals surface area contributed by atoms with E-state index in [0.29, 0.717) is 19.5 Å². The van der Waals surface area contributed by atoms with Crippen molar-refractivity contribution in [2.45, 2.75) is 43.8 Å². The number of benzene rings is 1. The lowest BCUT2D eigenvalue weighted by Crippen LogP contribution is -2.61. The molecule has 0 atom stereocenters. The maximum Gasteiger partial charge on any atom is 0.460 e. The SMILES string of the molecule is O=C(C1CCN(C(=O)C(F)(F)C(F)(F)C(F)(F)F)CC1)N1CCc2ccccc2C1. The van der Waals surface area contributed by atoms with Gasteiger partial charge in [0, 0.05) is 32.1 Å². The summed E-state index contributed by atoms with van der Waals surface area (Å²) >= 11 is 0. The van der Waals surface area contributed by atoms with E-state index in [2.05, 4.69) is 0 Å². The van der Waals surface area contributed by atoms with Crippen molar-refractivity contribution >= 4 is 11.8 Å². The quantitative estimate of drug-likeness (QED) is 0.674. The molecule has 166 valence electrons. The molecule has 3 rings (SSSR count). The van der Waals surface area contributed by atoms with Crippen LogP contribution in [-0.2, 0) is 22.6 Å². The number of alkyl halides is 7. The number of carbonyl (C=O) groups excluding carboxylic acids is 2. The molecule has 1 aromatic carbocycles. The fourth-order valence-corrected chi connectivity index (χ4v) is 3.78. The average molecular weight is 440 g/mol. The smallest absolute Gasteiger partial charge is 0.338 e. The van der Waals surface area contributed by atoms with Gasteiger partial charge in [-0.05, 0) is 30.4 Å². The highest BCUT2D eigenvalue weighted by molar-refractivity contribution is 5.85. The zero-order valence-corrected chi connectivity index (χ0v) is 15.7. The molecule has 0 N–H and O–H groups in total. The van der Waals surface area contributed by atoms with Crippen LogP contribution in [0.1, 0.15) is 24.0 Å². The summed E-state index contributed by atoms with van der Waals surface area (Å²) in [6, 6.07) is 7.58. The van der Waals surface area contributed by atoms with Gasteiger partial charge in [-0.2, -0.15) is 30.7 Å². The molecule has 0 aliphatic carbocycles. The van der Waals surface area contributed by atoms with E-state index in [9.17, 15) is 40.3 Å². The fourth-order valence-electron chi connectivity index (χ4n) is 3.78. The number of carbonyl (C=O) groups is 2. The van der Waals surface area contributed by atoms with Crippen molar-refractivity contribution in [3.63, 3.8) is 0 Å². The van der Waals surface area contributed by atoms with Gasteiger partial charge in [-0.1, -0.05) is 24.3 Å². The first-order valence-corrected chi connectivity index (χ1v) is 9.33. The molecule has 0 unspecified atom stereocenters. The molecule has 2 amide bonds. The van der Waals surface area contributed by atoms with Crippen molar-refractivity contribution in [2.75, 3.05) is 19.6 Å². The average Bonchev–Trinajstić information content (AvgIpc) is 2.71. The number of likely N-dealkylation sites (tertiary alicyclic amines) is 1. The summed E-state index contributed by atoms with van der Waals surface area (Å²) < 4.78 is 90.3. The Labute approximate surface area is 167 Å². The van der Waals surface area contributed by atoms with E-state index >= 15 is 0 Å². The highest BCUT2D eigenvalue weighted by atomic mass is 19.4. The summed E-state index contributed by atoms with van der Waals surface area (Å²) in [4.78, 5) is 26.3. The van der Waals surface area contributed by atoms with Gasteiger partial charge in [-0.15, -0.1) is 0 Å². The van der Waals surface area contributed by atoms with Gasteiger partial charge >= 0.3 is 18.0 Å². The van der Waals surface area contributed by atoms with Gasteiger partial charge in [0.05, 0.1) is 0 Å². The lowest BCUT2D eigenvalue weighted by atomic mass is 9.92. The Morgan fingerprint density at radius 1 is 0.833 bits per heavy atom. The zero-order chi connectivity index (χ0) is 22.3. The summed E-state index contributed by atoms with van der Waals surface area (Å²) in [6.45, 7) is -0.152. The van der Waals surface area contributed by atoms with E-state index in [1.807, 2.05) is 24.3 Å². The molecule has 0 radical (unpaired) electrons. The van der Waals surface area contributed by atoms with Gasteiger partial charge in [0.1, 0.15) is 0 Å². The number of hydrogen-bond acceptors (Lipinski definition) is 2. The van der Waals surface area contributed by atoms with Crippen LogP contribution in [0.4, 0.5) is 30.7 Å². The Balaban J connectivity index is 1.61. The third-order valence-corrected chi connectivity index (χ3v) is 5.59. The topological polar surface area (TPSA) is 40.6 Å². The molecule has 0 saturated carbocycles. The molecule has 30 heavy (non-hydrogen) atoms. The number of fused-ring (bicyclic) bond motifs is 1. The first-order valence-electron chi connectivity index (χ1n) is 9.33. The third kappa shape index (κ3) is 3.85. The Bertz CT molecular complexity index is 817. The van der Waals surface area contributed by atoms with E-state index in [4.69, 9.17) is 0 Å². The normalized spacial score (nSPS) is 18.9. The van der Waals surface area contributed by atoms with Crippen molar-refractivity contribution in [3.05, 3.63) is 35.4 Å². The number of halogens is 7. The molecule has 2 heterocycles. The van der Waals surface area contributed by atoms with Crippen LogP contribution in [0.3, 0.4) is 0 Å². The van der Waals surface area contributed by atoms with Crippen LogP contribution >= 0.6 is 0 Å². The lowest BCUT2D eigenvalue weighted by Gasteiger charge is -2.38. The fraction of sp³-hybridized carbons (Fsp3) is 0.579. The second kappa shape index (κ2) is 7.73. The molecule has 2 aliphatic heterocycles. The maximum atomic E-state index is 13.6. The maximum absolute atomic E-state index is 13.6.